The molecule has 0 aliphatic heterocycles. The average molecular weight is 201 g/mol. The number of rotatable bonds is 5. The van der Waals surface area contributed by atoms with Crippen LogP contribution in [0.5, 0.6) is 0 Å². The summed E-state index contributed by atoms with van der Waals surface area (Å²) in [5.74, 6) is -0.411. The number of nitrogens with two attached hydrogens (primary N) is 2. The minimum atomic E-state index is -0.542. The standard InChI is InChI=1S/C9H19N3O2/c1-6(2)4-7(10)9(14)12(3)5-8(11)13/h6-7H,4-5,10H2,1-3H3,(H2,11,13)/t7-/m0/s1. The van der Waals surface area contributed by atoms with Crippen molar-refractivity contribution in [1.29, 1.82) is 0 Å². The lowest BCUT2D eigenvalue weighted by atomic mass is 10.0. The second-order valence-electron chi connectivity index (χ2n) is 3.90. The Morgan fingerprint density at radius 1 is 1.36 bits per heavy atom. The highest BCUT2D eigenvalue weighted by Crippen LogP contribution is 2.04. The van der Waals surface area contributed by atoms with E-state index in [0.717, 1.165) is 0 Å². The van der Waals surface area contributed by atoms with Gasteiger partial charge in [0.25, 0.3) is 0 Å². The maximum absolute atomic E-state index is 11.5. The summed E-state index contributed by atoms with van der Waals surface area (Å²) in [5.41, 5.74) is 10.6. The molecule has 5 heteroatoms. The molecule has 4 N–H and O–H groups in total. The van der Waals surface area contributed by atoms with E-state index in [1.165, 1.54) is 11.9 Å². The van der Waals surface area contributed by atoms with Crippen molar-refractivity contribution in [2.75, 3.05) is 13.6 Å². The molecule has 0 saturated heterocycles. The van der Waals surface area contributed by atoms with Crippen molar-refractivity contribution >= 4 is 11.8 Å². The van der Waals surface area contributed by atoms with Crippen molar-refractivity contribution in [2.45, 2.75) is 26.3 Å². The SMILES string of the molecule is CC(C)C[C@H](N)C(=O)N(C)CC(N)=O. The number of carbonyl (C=O) groups excluding carboxylic acids is 2. The zero-order chi connectivity index (χ0) is 11.3. The summed E-state index contributed by atoms with van der Waals surface area (Å²) in [6, 6.07) is -0.542. The van der Waals surface area contributed by atoms with Gasteiger partial charge in [0.2, 0.25) is 11.8 Å². The fourth-order valence-corrected chi connectivity index (χ4v) is 1.20. The Hall–Kier alpha value is -1.10. The second kappa shape index (κ2) is 5.59. The van der Waals surface area contributed by atoms with Crippen molar-refractivity contribution in [2.24, 2.45) is 17.4 Å². The van der Waals surface area contributed by atoms with E-state index < -0.39 is 11.9 Å². The normalized spacial score (nSPS) is 12.6. The van der Waals surface area contributed by atoms with Gasteiger partial charge in [-0.3, -0.25) is 9.59 Å². The number of amides is 2. The van der Waals surface area contributed by atoms with E-state index >= 15 is 0 Å². The summed E-state index contributed by atoms with van der Waals surface area (Å²) in [4.78, 5) is 23.3. The first kappa shape index (κ1) is 12.9. The Bertz CT molecular complexity index is 216. The molecule has 82 valence electrons. The van der Waals surface area contributed by atoms with Crippen LogP contribution in [0.4, 0.5) is 0 Å². The molecular weight excluding hydrogens is 182 g/mol. The second-order valence-corrected chi connectivity index (χ2v) is 3.90. The van der Waals surface area contributed by atoms with Crippen LogP contribution in [0.3, 0.4) is 0 Å². The van der Waals surface area contributed by atoms with Gasteiger partial charge in [0.05, 0.1) is 12.6 Å². The molecule has 0 fully saturated rings. The fraction of sp³-hybridized carbons (Fsp3) is 0.778. The molecule has 0 radical (unpaired) electrons. The number of primary amides is 1. The van der Waals surface area contributed by atoms with Gasteiger partial charge in [-0.15, -0.1) is 0 Å². The highest BCUT2D eigenvalue weighted by Gasteiger charge is 2.19. The van der Waals surface area contributed by atoms with Gasteiger partial charge in [0, 0.05) is 7.05 Å². The van der Waals surface area contributed by atoms with Crippen LogP contribution in [0.2, 0.25) is 0 Å². The van der Waals surface area contributed by atoms with E-state index in [9.17, 15) is 9.59 Å². The number of nitrogens with zero attached hydrogens (tertiary/aromatic N) is 1. The maximum Gasteiger partial charge on any atom is 0.239 e. The molecule has 1 atom stereocenters. The first-order valence-corrected chi connectivity index (χ1v) is 4.63. The molecule has 0 aliphatic rings. The first-order valence-electron chi connectivity index (χ1n) is 4.63. The van der Waals surface area contributed by atoms with Gasteiger partial charge in [-0.05, 0) is 12.3 Å². The Kier molecular flexibility index (Phi) is 5.15. The van der Waals surface area contributed by atoms with Crippen LogP contribution in [0.1, 0.15) is 20.3 Å². The summed E-state index contributed by atoms with van der Waals surface area (Å²) < 4.78 is 0. The van der Waals surface area contributed by atoms with Crippen LogP contribution < -0.4 is 11.5 Å². The molecule has 0 unspecified atom stereocenters. The molecule has 0 aliphatic carbocycles. The van der Waals surface area contributed by atoms with Gasteiger partial charge < -0.3 is 16.4 Å². The van der Waals surface area contributed by atoms with Crippen molar-refractivity contribution in [3.63, 3.8) is 0 Å². The van der Waals surface area contributed by atoms with E-state index in [-0.39, 0.29) is 12.5 Å². The third-order valence-corrected chi connectivity index (χ3v) is 1.81. The third-order valence-electron chi connectivity index (χ3n) is 1.81. The lowest BCUT2D eigenvalue weighted by Gasteiger charge is -2.20. The van der Waals surface area contributed by atoms with Crippen LogP contribution in [-0.2, 0) is 9.59 Å². The van der Waals surface area contributed by atoms with Crippen LogP contribution in [0.25, 0.3) is 0 Å². The van der Waals surface area contributed by atoms with Gasteiger partial charge in [0.15, 0.2) is 0 Å². The van der Waals surface area contributed by atoms with Gasteiger partial charge in [-0.1, -0.05) is 13.8 Å². The zero-order valence-corrected chi connectivity index (χ0v) is 8.99. The molecule has 0 bridgehead atoms. The molecule has 2 amide bonds. The summed E-state index contributed by atoms with van der Waals surface area (Å²) in [6.07, 6.45) is 0.613. The number of likely N-dealkylation sites (N-methyl/N-ethyl adjacent to an activating group) is 1. The Balaban J connectivity index is 4.10. The van der Waals surface area contributed by atoms with Crippen molar-refractivity contribution in [3.05, 3.63) is 0 Å². The number of hydrogen-bond donors (Lipinski definition) is 2. The van der Waals surface area contributed by atoms with Gasteiger partial charge in [-0.2, -0.15) is 0 Å². The molecule has 0 spiro atoms. The molecular formula is C9H19N3O2. The highest BCUT2D eigenvalue weighted by molar-refractivity contribution is 5.86. The summed E-state index contributed by atoms with van der Waals surface area (Å²) in [7, 11) is 1.52. The lowest BCUT2D eigenvalue weighted by molar-refractivity contribution is -0.135. The van der Waals surface area contributed by atoms with Gasteiger partial charge in [0.1, 0.15) is 0 Å². The molecule has 0 aromatic rings. The maximum atomic E-state index is 11.5. The highest BCUT2D eigenvalue weighted by atomic mass is 16.2. The molecule has 0 aromatic heterocycles. The van der Waals surface area contributed by atoms with Crippen LogP contribution in [-0.4, -0.2) is 36.3 Å². The number of carbonyl (C=O) groups is 2. The molecule has 0 heterocycles. The summed E-state index contributed by atoms with van der Waals surface area (Å²) >= 11 is 0. The van der Waals surface area contributed by atoms with Crippen molar-refractivity contribution in [3.8, 4) is 0 Å². The Labute approximate surface area is 84.4 Å². The molecule has 5 nitrogen and oxygen atoms in total. The van der Waals surface area contributed by atoms with Crippen LogP contribution in [0.15, 0.2) is 0 Å². The van der Waals surface area contributed by atoms with E-state index in [4.69, 9.17) is 11.5 Å². The smallest absolute Gasteiger partial charge is 0.239 e. The molecule has 14 heavy (non-hydrogen) atoms. The third kappa shape index (κ3) is 4.81. The van der Waals surface area contributed by atoms with Crippen LogP contribution >= 0.6 is 0 Å². The monoisotopic (exact) mass is 201 g/mol. The topological polar surface area (TPSA) is 89.4 Å². The predicted molar refractivity (Wildman–Crippen MR) is 54.3 cm³/mol. The molecule has 0 aromatic carbocycles. The first-order chi connectivity index (χ1) is 6.34. The molecule has 0 rings (SSSR count). The van der Waals surface area contributed by atoms with E-state index in [1.807, 2.05) is 13.8 Å². The van der Waals surface area contributed by atoms with Crippen molar-refractivity contribution in [1.82, 2.24) is 4.90 Å². The average Bonchev–Trinajstić information content (AvgIpc) is 2.00. The summed E-state index contributed by atoms with van der Waals surface area (Å²) in [6.45, 7) is 3.90. The van der Waals surface area contributed by atoms with E-state index in [2.05, 4.69) is 0 Å². The van der Waals surface area contributed by atoms with Gasteiger partial charge >= 0.3 is 0 Å². The minimum absolute atomic E-state index is 0.0787. The predicted octanol–water partition coefficient (Wildman–Crippen LogP) is -0.696. The van der Waals surface area contributed by atoms with Crippen LogP contribution in [0, 0.1) is 5.92 Å². The minimum Gasteiger partial charge on any atom is -0.368 e. The number of hydrogen-bond acceptors (Lipinski definition) is 3. The zero-order valence-electron chi connectivity index (χ0n) is 8.99. The largest absolute Gasteiger partial charge is 0.368 e. The lowest BCUT2D eigenvalue weighted by Crippen LogP contribution is -2.45. The Morgan fingerprint density at radius 2 is 1.86 bits per heavy atom. The van der Waals surface area contributed by atoms with Gasteiger partial charge in [-0.25, -0.2) is 0 Å². The fourth-order valence-electron chi connectivity index (χ4n) is 1.20. The summed E-state index contributed by atoms with van der Waals surface area (Å²) in [5, 5.41) is 0. The van der Waals surface area contributed by atoms with E-state index in [1.54, 1.807) is 0 Å². The van der Waals surface area contributed by atoms with E-state index in [0.29, 0.717) is 12.3 Å². The Morgan fingerprint density at radius 3 is 2.21 bits per heavy atom. The quantitative estimate of drug-likeness (QED) is 0.616. The molecule has 0 saturated carbocycles. The van der Waals surface area contributed by atoms with Crippen molar-refractivity contribution < 1.29 is 9.59 Å².